The van der Waals surface area contributed by atoms with Crippen LogP contribution in [0.25, 0.3) is 0 Å². The number of hydrogen-bond donors (Lipinski definition) is 2. The zero-order valence-electron chi connectivity index (χ0n) is 11.0. The molecule has 7 heteroatoms. The molecule has 0 spiro atoms. The van der Waals surface area contributed by atoms with Crippen molar-refractivity contribution >= 4 is 11.6 Å². The van der Waals surface area contributed by atoms with Gasteiger partial charge in [-0.05, 0) is 12.1 Å². The van der Waals surface area contributed by atoms with E-state index in [1.807, 2.05) is 0 Å². The lowest BCUT2D eigenvalue weighted by Gasteiger charge is -2.08. The monoisotopic (exact) mass is 293 g/mol. The van der Waals surface area contributed by atoms with Gasteiger partial charge < -0.3 is 15.6 Å². The van der Waals surface area contributed by atoms with Gasteiger partial charge >= 0.3 is 0 Å². The van der Waals surface area contributed by atoms with E-state index < -0.39 is 17.5 Å². The first-order valence-corrected chi connectivity index (χ1v) is 6.12. The minimum atomic E-state index is -0.739. The van der Waals surface area contributed by atoms with Gasteiger partial charge in [0.25, 0.3) is 5.56 Å². The molecule has 0 saturated carbocycles. The molecule has 0 saturated heterocycles. The molecule has 0 bridgehead atoms. The largest absolute Gasteiger partial charge is 0.398 e. The van der Waals surface area contributed by atoms with Gasteiger partial charge in [0, 0.05) is 36.1 Å². The van der Waals surface area contributed by atoms with Crippen LogP contribution >= 0.6 is 0 Å². The normalized spacial score (nSPS) is 10.4. The van der Waals surface area contributed by atoms with Gasteiger partial charge in [0.15, 0.2) is 0 Å². The highest BCUT2D eigenvalue weighted by molar-refractivity contribution is 5.75. The van der Waals surface area contributed by atoms with E-state index in [-0.39, 0.29) is 24.2 Å². The van der Waals surface area contributed by atoms with Crippen LogP contribution < -0.4 is 16.6 Å². The number of anilines is 1. The number of amides is 1. The van der Waals surface area contributed by atoms with Crippen LogP contribution in [0.1, 0.15) is 5.56 Å². The topological polar surface area (TPSA) is 77.1 Å². The van der Waals surface area contributed by atoms with Crippen molar-refractivity contribution in [2.75, 3.05) is 5.73 Å². The number of hydrogen-bond acceptors (Lipinski definition) is 3. The van der Waals surface area contributed by atoms with Crippen LogP contribution in [0.2, 0.25) is 0 Å². The van der Waals surface area contributed by atoms with E-state index >= 15 is 0 Å². The second-order valence-corrected chi connectivity index (χ2v) is 4.44. The van der Waals surface area contributed by atoms with Gasteiger partial charge in [0.2, 0.25) is 5.91 Å². The minimum Gasteiger partial charge on any atom is -0.398 e. The van der Waals surface area contributed by atoms with Crippen molar-refractivity contribution in [2.45, 2.75) is 13.1 Å². The van der Waals surface area contributed by atoms with E-state index in [0.717, 1.165) is 16.7 Å². The summed E-state index contributed by atoms with van der Waals surface area (Å²) >= 11 is 0. The Balaban J connectivity index is 1.99. The number of nitrogens with two attached hydrogens (primary N) is 1. The maximum atomic E-state index is 13.4. The molecule has 5 nitrogen and oxygen atoms in total. The van der Waals surface area contributed by atoms with Crippen LogP contribution in [0.4, 0.5) is 14.5 Å². The summed E-state index contributed by atoms with van der Waals surface area (Å²) in [5, 5.41) is 2.45. The fourth-order valence-corrected chi connectivity index (χ4v) is 1.74. The van der Waals surface area contributed by atoms with Crippen LogP contribution in [0.5, 0.6) is 0 Å². The number of nitrogens with zero attached hydrogens (tertiary/aromatic N) is 1. The number of carbonyl (C=O) groups is 1. The van der Waals surface area contributed by atoms with E-state index in [1.54, 1.807) is 0 Å². The SMILES string of the molecule is Nc1ccc(=O)n(CC(=O)NCc2ccc(F)cc2F)c1. The summed E-state index contributed by atoms with van der Waals surface area (Å²) in [6, 6.07) is 5.78. The molecule has 0 aliphatic heterocycles. The molecule has 0 atom stereocenters. The Kier molecular flexibility index (Phi) is 4.32. The van der Waals surface area contributed by atoms with Crippen LogP contribution in [0.15, 0.2) is 41.3 Å². The number of aromatic nitrogens is 1. The van der Waals surface area contributed by atoms with Crippen LogP contribution in [-0.4, -0.2) is 10.5 Å². The third-order valence-corrected chi connectivity index (χ3v) is 2.81. The van der Waals surface area contributed by atoms with Crippen molar-refractivity contribution in [1.29, 1.82) is 0 Å². The minimum absolute atomic E-state index is 0.0952. The smallest absolute Gasteiger partial charge is 0.251 e. The molecule has 0 fully saturated rings. The van der Waals surface area contributed by atoms with Gasteiger partial charge in [-0.3, -0.25) is 9.59 Å². The van der Waals surface area contributed by atoms with Crippen LogP contribution in [0.3, 0.4) is 0 Å². The standard InChI is InChI=1S/C14H13F2N3O2/c15-10-2-1-9(12(16)5-10)6-18-13(20)8-19-7-11(17)3-4-14(19)21/h1-5,7H,6,8,17H2,(H,18,20). The summed E-state index contributed by atoms with van der Waals surface area (Å²) in [6.07, 6.45) is 1.35. The third-order valence-electron chi connectivity index (χ3n) is 2.81. The average Bonchev–Trinajstić information content (AvgIpc) is 2.42. The van der Waals surface area contributed by atoms with Crippen molar-refractivity contribution in [3.05, 3.63) is 64.1 Å². The molecule has 2 aromatic rings. The first kappa shape index (κ1) is 14.7. The highest BCUT2D eigenvalue weighted by Gasteiger charge is 2.07. The fraction of sp³-hybridized carbons (Fsp3) is 0.143. The predicted octanol–water partition coefficient (Wildman–Crippen LogP) is 1.03. The second kappa shape index (κ2) is 6.17. The summed E-state index contributed by atoms with van der Waals surface area (Å²) in [5.41, 5.74) is 5.67. The molecule has 110 valence electrons. The summed E-state index contributed by atoms with van der Waals surface area (Å²) in [7, 11) is 0. The number of nitrogen functional groups attached to an aromatic ring is 1. The summed E-state index contributed by atoms with van der Waals surface area (Å²) in [6.45, 7) is -0.325. The molecule has 1 aromatic carbocycles. The van der Waals surface area contributed by atoms with E-state index in [0.29, 0.717) is 5.69 Å². The van der Waals surface area contributed by atoms with Gasteiger partial charge in [-0.2, -0.15) is 0 Å². The van der Waals surface area contributed by atoms with Gasteiger partial charge in [0.1, 0.15) is 18.2 Å². The van der Waals surface area contributed by atoms with E-state index in [1.165, 1.54) is 24.4 Å². The number of halogens is 2. The van der Waals surface area contributed by atoms with Crippen molar-refractivity contribution in [3.63, 3.8) is 0 Å². The summed E-state index contributed by atoms with van der Waals surface area (Å²) in [5.74, 6) is -1.91. The molecule has 0 aliphatic carbocycles. The number of carbonyl (C=O) groups excluding carboxylic acids is 1. The molecule has 2 rings (SSSR count). The third kappa shape index (κ3) is 3.88. The number of pyridine rings is 1. The molecular weight excluding hydrogens is 280 g/mol. The molecule has 21 heavy (non-hydrogen) atoms. The van der Waals surface area contributed by atoms with Crippen LogP contribution in [0, 0.1) is 11.6 Å². The highest BCUT2D eigenvalue weighted by Crippen LogP contribution is 2.08. The van der Waals surface area contributed by atoms with E-state index in [4.69, 9.17) is 5.73 Å². The Morgan fingerprint density at radius 3 is 2.71 bits per heavy atom. The van der Waals surface area contributed by atoms with Crippen molar-refractivity contribution < 1.29 is 13.6 Å². The highest BCUT2D eigenvalue weighted by atomic mass is 19.1. The van der Waals surface area contributed by atoms with E-state index in [2.05, 4.69) is 5.32 Å². The Morgan fingerprint density at radius 1 is 1.24 bits per heavy atom. The Labute approximate surface area is 119 Å². The number of benzene rings is 1. The maximum Gasteiger partial charge on any atom is 0.251 e. The molecular formula is C14H13F2N3O2. The second-order valence-electron chi connectivity index (χ2n) is 4.44. The van der Waals surface area contributed by atoms with E-state index in [9.17, 15) is 18.4 Å². The summed E-state index contributed by atoms with van der Waals surface area (Å²) < 4.78 is 27.3. The fourth-order valence-electron chi connectivity index (χ4n) is 1.74. The average molecular weight is 293 g/mol. The predicted molar refractivity (Wildman–Crippen MR) is 73.3 cm³/mol. The Hall–Kier alpha value is -2.70. The lowest BCUT2D eigenvalue weighted by Crippen LogP contribution is -2.31. The number of nitrogens with one attached hydrogen (secondary N) is 1. The zero-order valence-corrected chi connectivity index (χ0v) is 11.0. The van der Waals surface area contributed by atoms with Gasteiger partial charge in [-0.1, -0.05) is 6.07 Å². The molecule has 3 N–H and O–H groups in total. The molecule has 1 amide bonds. The Morgan fingerprint density at radius 2 is 2.00 bits per heavy atom. The molecule has 1 heterocycles. The quantitative estimate of drug-likeness (QED) is 0.883. The van der Waals surface area contributed by atoms with Crippen molar-refractivity contribution in [1.82, 2.24) is 9.88 Å². The lowest BCUT2D eigenvalue weighted by atomic mass is 10.2. The first-order valence-electron chi connectivity index (χ1n) is 6.12. The maximum absolute atomic E-state index is 13.4. The van der Waals surface area contributed by atoms with Crippen LogP contribution in [-0.2, 0) is 17.9 Å². The van der Waals surface area contributed by atoms with Gasteiger partial charge in [-0.15, -0.1) is 0 Å². The van der Waals surface area contributed by atoms with Crippen molar-refractivity contribution in [3.8, 4) is 0 Å². The molecule has 1 aromatic heterocycles. The number of rotatable bonds is 4. The van der Waals surface area contributed by atoms with Crippen molar-refractivity contribution in [2.24, 2.45) is 0 Å². The summed E-state index contributed by atoms with van der Waals surface area (Å²) in [4.78, 5) is 23.2. The molecule has 0 radical (unpaired) electrons. The lowest BCUT2D eigenvalue weighted by molar-refractivity contribution is -0.121. The van der Waals surface area contributed by atoms with Gasteiger partial charge in [0.05, 0.1) is 0 Å². The van der Waals surface area contributed by atoms with Gasteiger partial charge in [-0.25, -0.2) is 8.78 Å². The zero-order chi connectivity index (χ0) is 15.4. The first-order chi connectivity index (χ1) is 9.95. The Bertz CT molecular complexity index is 728. The molecule has 0 aliphatic rings. The molecule has 0 unspecified atom stereocenters.